The largest absolute Gasteiger partial charge is 0.378 e. The fourth-order valence-corrected chi connectivity index (χ4v) is 3.77. The molecule has 118 valence electrons. The van der Waals surface area contributed by atoms with Gasteiger partial charge in [-0.15, -0.1) is 0 Å². The Labute approximate surface area is 129 Å². The first-order valence-electron chi connectivity index (χ1n) is 7.05. The van der Waals surface area contributed by atoms with Gasteiger partial charge in [0.1, 0.15) is 11.9 Å². The van der Waals surface area contributed by atoms with Crippen LogP contribution in [0.4, 0.5) is 0 Å². The molecule has 2 heterocycles. The van der Waals surface area contributed by atoms with E-state index in [0.717, 1.165) is 0 Å². The summed E-state index contributed by atoms with van der Waals surface area (Å²) in [6.45, 7) is 3.78. The Kier molecular flexibility index (Phi) is 3.88. The number of carbonyl (C=O) groups is 1. The molecule has 1 N–H and O–H groups in total. The van der Waals surface area contributed by atoms with Crippen molar-refractivity contribution in [2.75, 3.05) is 26.3 Å². The van der Waals surface area contributed by atoms with Gasteiger partial charge in [0.25, 0.3) is 10.0 Å². The lowest BCUT2D eigenvalue weighted by Crippen LogP contribution is -2.44. The highest BCUT2D eigenvalue weighted by Gasteiger charge is 2.31. The summed E-state index contributed by atoms with van der Waals surface area (Å²) in [6.07, 6.45) is 0. The number of nitrogens with one attached hydrogen (secondary N) is 1. The quantitative estimate of drug-likeness (QED) is 0.828. The molecule has 0 aliphatic carbocycles. The van der Waals surface area contributed by atoms with E-state index in [1.165, 1.54) is 6.07 Å². The maximum Gasteiger partial charge on any atom is 0.263 e. The van der Waals surface area contributed by atoms with Crippen LogP contribution in [0.1, 0.15) is 12.5 Å². The molecule has 0 radical (unpaired) electrons. The van der Waals surface area contributed by atoms with Gasteiger partial charge in [-0.05, 0) is 19.1 Å². The summed E-state index contributed by atoms with van der Waals surface area (Å²) in [5, 5.41) is 0. The maximum atomic E-state index is 12.3. The second-order valence-electron chi connectivity index (χ2n) is 5.19. The molecule has 1 aromatic carbocycles. The zero-order valence-electron chi connectivity index (χ0n) is 12.2. The Morgan fingerprint density at radius 3 is 2.73 bits per heavy atom. The lowest BCUT2D eigenvalue weighted by atomic mass is 10.2. The number of nitrogens with zero attached hydrogens (tertiary/aromatic N) is 2. The van der Waals surface area contributed by atoms with E-state index in [-0.39, 0.29) is 16.6 Å². The second kappa shape index (κ2) is 5.69. The number of hydrogen-bond donors (Lipinski definition) is 1. The summed E-state index contributed by atoms with van der Waals surface area (Å²) in [4.78, 5) is 18.5. The van der Waals surface area contributed by atoms with Crippen molar-refractivity contribution in [3.8, 4) is 0 Å². The minimum Gasteiger partial charge on any atom is -0.378 e. The van der Waals surface area contributed by atoms with E-state index in [4.69, 9.17) is 4.74 Å². The fourth-order valence-electron chi connectivity index (χ4n) is 2.53. The van der Waals surface area contributed by atoms with E-state index in [1.54, 1.807) is 30.0 Å². The predicted octanol–water partition coefficient (Wildman–Crippen LogP) is -0.0276. The van der Waals surface area contributed by atoms with Gasteiger partial charge in [-0.1, -0.05) is 12.1 Å². The van der Waals surface area contributed by atoms with Crippen LogP contribution in [-0.4, -0.2) is 57.4 Å². The van der Waals surface area contributed by atoms with Crippen molar-refractivity contribution in [2.24, 2.45) is 4.99 Å². The molecule has 0 unspecified atom stereocenters. The van der Waals surface area contributed by atoms with Gasteiger partial charge in [-0.2, -0.15) is 0 Å². The van der Waals surface area contributed by atoms with E-state index in [9.17, 15) is 13.2 Å². The van der Waals surface area contributed by atoms with Crippen LogP contribution in [-0.2, 0) is 19.6 Å². The van der Waals surface area contributed by atoms with Crippen molar-refractivity contribution in [3.05, 3.63) is 29.8 Å². The van der Waals surface area contributed by atoms with Gasteiger partial charge >= 0.3 is 0 Å². The van der Waals surface area contributed by atoms with Gasteiger partial charge in [-0.3, -0.25) is 14.5 Å². The van der Waals surface area contributed by atoms with Gasteiger partial charge in [0.15, 0.2) is 0 Å². The van der Waals surface area contributed by atoms with Gasteiger partial charge in [0.05, 0.1) is 18.1 Å². The number of benzene rings is 1. The first kappa shape index (κ1) is 15.0. The number of sulfonamides is 1. The van der Waals surface area contributed by atoms with Crippen LogP contribution in [0.25, 0.3) is 0 Å². The van der Waals surface area contributed by atoms with Crippen LogP contribution in [0, 0.1) is 0 Å². The van der Waals surface area contributed by atoms with Crippen LogP contribution in [0.15, 0.2) is 34.2 Å². The number of aliphatic imine (C=N–C) groups is 1. The summed E-state index contributed by atoms with van der Waals surface area (Å²) in [6, 6.07) is 5.95. The molecule has 1 saturated heterocycles. The predicted molar refractivity (Wildman–Crippen MR) is 80.2 cm³/mol. The van der Waals surface area contributed by atoms with Crippen molar-refractivity contribution >= 4 is 21.8 Å². The topological polar surface area (TPSA) is 88.1 Å². The Balaban J connectivity index is 1.85. The molecule has 1 atom stereocenters. The Morgan fingerprint density at radius 1 is 1.32 bits per heavy atom. The Hall–Kier alpha value is -1.93. The number of morpholine rings is 1. The van der Waals surface area contributed by atoms with E-state index >= 15 is 0 Å². The van der Waals surface area contributed by atoms with Crippen molar-refractivity contribution in [1.82, 2.24) is 9.62 Å². The molecular formula is C14H17N3O4S. The first-order valence-corrected chi connectivity index (χ1v) is 8.54. The highest BCUT2D eigenvalue weighted by molar-refractivity contribution is 7.90. The van der Waals surface area contributed by atoms with Crippen LogP contribution < -0.4 is 4.72 Å². The summed E-state index contributed by atoms with van der Waals surface area (Å²) in [7, 11) is -3.58. The molecule has 1 amide bonds. The number of carbonyl (C=O) groups excluding carboxylic acids is 1. The maximum absolute atomic E-state index is 12.3. The molecule has 3 rings (SSSR count). The molecule has 0 spiro atoms. The smallest absolute Gasteiger partial charge is 0.263 e. The number of hydrogen-bond acceptors (Lipinski definition) is 5. The van der Waals surface area contributed by atoms with Crippen molar-refractivity contribution in [3.63, 3.8) is 0 Å². The molecule has 22 heavy (non-hydrogen) atoms. The normalized spacial score (nSPS) is 23.0. The number of amides is 1. The molecule has 0 bridgehead atoms. The number of rotatable bonds is 2. The lowest BCUT2D eigenvalue weighted by Gasteiger charge is -2.28. The highest BCUT2D eigenvalue weighted by Crippen LogP contribution is 2.22. The zero-order chi connectivity index (χ0) is 15.7. The van der Waals surface area contributed by atoms with Crippen molar-refractivity contribution in [2.45, 2.75) is 17.9 Å². The third-order valence-electron chi connectivity index (χ3n) is 3.67. The van der Waals surface area contributed by atoms with Crippen molar-refractivity contribution in [1.29, 1.82) is 0 Å². The minimum absolute atomic E-state index is 0.126. The Bertz CT molecular complexity index is 723. The Morgan fingerprint density at radius 2 is 2.00 bits per heavy atom. The molecule has 0 saturated carbocycles. The molecule has 1 fully saturated rings. The van der Waals surface area contributed by atoms with E-state index < -0.39 is 16.1 Å². The molecular weight excluding hydrogens is 306 g/mol. The van der Waals surface area contributed by atoms with E-state index in [2.05, 4.69) is 9.71 Å². The highest BCUT2D eigenvalue weighted by atomic mass is 32.2. The number of amidine groups is 1. The third-order valence-corrected chi connectivity index (χ3v) is 5.06. The average Bonchev–Trinajstić information content (AvgIpc) is 2.79. The van der Waals surface area contributed by atoms with Gasteiger partial charge in [0.2, 0.25) is 5.91 Å². The van der Waals surface area contributed by atoms with Gasteiger partial charge in [0, 0.05) is 18.7 Å². The third kappa shape index (κ3) is 2.71. The first-order chi connectivity index (χ1) is 10.5. The molecule has 0 aromatic heterocycles. The van der Waals surface area contributed by atoms with Gasteiger partial charge < -0.3 is 9.64 Å². The minimum atomic E-state index is -3.58. The van der Waals surface area contributed by atoms with E-state index in [1.807, 2.05) is 0 Å². The number of fused-ring (bicyclic) bond motifs is 1. The zero-order valence-corrected chi connectivity index (χ0v) is 13.0. The van der Waals surface area contributed by atoms with Crippen LogP contribution in [0.3, 0.4) is 0 Å². The second-order valence-corrected chi connectivity index (χ2v) is 6.84. The standard InChI is InChI=1S/C14H17N3O4S/c1-10(14(18)17-6-8-21-9-7-17)15-13-11-4-2-3-5-12(11)22(19,20)16-13/h2-5,10H,6-9H2,1H3,(H,15,16)/t10-/m0/s1. The fraction of sp³-hybridized carbons (Fsp3) is 0.429. The molecule has 8 heteroatoms. The molecule has 2 aliphatic rings. The summed E-state index contributed by atoms with van der Waals surface area (Å²) >= 11 is 0. The molecule has 2 aliphatic heterocycles. The van der Waals surface area contributed by atoms with Crippen LogP contribution in [0.5, 0.6) is 0 Å². The monoisotopic (exact) mass is 323 g/mol. The van der Waals surface area contributed by atoms with Crippen LogP contribution >= 0.6 is 0 Å². The van der Waals surface area contributed by atoms with Crippen molar-refractivity contribution < 1.29 is 17.9 Å². The summed E-state index contributed by atoms with van der Waals surface area (Å²) in [5.41, 5.74) is 0.504. The lowest BCUT2D eigenvalue weighted by molar-refractivity contribution is -0.136. The van der Waals surface area contributed by atoms with Crippen LogP contribution in [0.2, 0.25) is 0 Å². The van der Waals surface area contributed by atoms with Gasteiger partial charge in [-0.25, -0.2) is 8.42 Å². The van der Waals surface area contributed by atoms with E-state index in [0.29, 0.717) is 31.9 Å². The average molecular weight is 323 g/mol. The SMILES string of the molecule is C[C@H](N=C1NS(=O)(=O)c2ccccc21)C(=O)N1CCOCC1. The number of ether oxygens (including phenoxy) is 1. The summed E-state index contributed by atoms with van der Waals surface area (Å²) < 4.78 is 31.7. The molecule has 7 nitrogen and oxygen atoms in total. The summed E-state index contributed by atoms with van der Waals surface area (Å²) in [5.74, 6) is 0.101. The molecule has 1 aromatic rings.